The molecule has 0 bridgehead atoms. The Hall–Kier alpha value is -1.39. The number of ether oxygens (including phenoxy) is 1. The van der Waals surface area contributed by atoms with Gasteiger partial charge in [0.25, 0.3) is 0 Å². The first-order valence-corrected chi connectivity index (χ1v) is 9.77. The second-order valence-corrected chi connectivity index (χ2v) is 8.21. The molecule has 0 radical (unpaired) electrons. The molecule has 0 unspecified atom stereocenters. The number of carbonyl (C=O) groups is 1. The highest BCUT2D eigenvalue weighted by atomic mass is 16.5. The molecule has 25 heavy (non-hydrogen) atoms. The Morgan fingerprint density at radius 2 is 1.80 bits per heavy atom. The first kappa shape index (κ1) is 17.0. The molecule has 4 heteroatoms. The zero-order valence-corrected chi connectivity index (χ0v) is 15.2. The van der Waals surface area contributed by atoms with E-state index in [0.717, 1.165) is 37.4 Å². The summed E-state index contributed by atoms with van der Waals surface area (Å²) >= 11 is 0. The Kier molecular flexibility index (Phi) is 4.37. The van der Waals surface area contributed by atoms with E-state index in [1.807, 2.05) is 11.8 Å². The van der Waals surface area contributed by atoms with Crippen LogP contribution < -0.4 is 4.90 Å². The van der Waals surface area contributed by atoms with E-state index in [-0.39, 0.29) is 11.3 Å². The van der Waals surface area contributed by atoms with Crippen molar-refractivity contribution in [1.82, 2.24) is 0 Å². The molecule has 2 saturated carbocycles. The standard InChI is InChI=1S/C21H29NO3/c1-2-25-15-21(24)11-9-20(10-12-21)13-14-22(19(20)23)18-7-5-17(6-8-18)16-3-4-16/h5-8,16,24H,2-4,9-15H2,1H3/t20-,21+. The predicted molar refractivity (Wildman–Crippen MR) is 97.7 cm³/mol. The van der Waals surface area contributed by atoms with Gasteiger partial charge in [0.15, 0.2) is 0 Å². The van der Waals surface area contributed by atoms with Crippen LogP contribution in [0, 0.1) is 5.41 Å². The van der Waals surface area contributed by atoms with Crippen LogP contribution in [-0.2, 0) is 9.53 Å². The van der Waals surface area contributed by atoms with E-state index in [2.05, 4.69) is 24.3 Å². The normalized spacial score (nSPS) is 32.6. The number of hydrogen-bond donors (Lipinski definition) is 1. The van der Waals surface area contributed by atoms with Gasteiger partial charge in [0.1, 0.15) is 0 Å². The van der Waals surface area contributed by atoms with Gasteiger partial charge in [-0.1, -0.05) is 12.1 Å². The summed E-state index contributed by atoms with van der Waals surface area (Å²) in [7, 11) is 0. The van der Waals surface area contributed by atoms with Crippen molar-refractivity contribution in [2.75, 3.05) is 24.7 Å². The summed E-state index contributed by atoms with van der Waals surface area (Å²) in [5.74, 6) is 1.00. The molecular formula is C21H29NO3. The predicted octanol–water partition coefficient (Wildman–Crippen LogP) is 3.63. The third-order valence-electron chi connectivity index (χ3n) is 6.48. The van der Waals surface area contributed by atoms with Gasteiger partial charge >= 0.3 is 0 Å². The van der Waals surface area contributed by atoms with Crippen LogP contribution in [0.3, 0.4) is 0 Å². The third kappa shape index (κ3) is 3.22. The van der Waals surface area contributed by atoms with Crippen LogP contribution in [0.25, 0.3) is 0 Å². The van der Waals surface area contributed by atoms with E-state index in [1.54, 1.807) is 0 Å². The molecule has 1 aliphatic heterocycles. The van der Waals surface area contributed by atoms with Crippen LogP contribution in [0.15, 0.2) is 24.3 Å². The van der Waals surface area contributed by atoms with Crippen LogP contribution >= 0.6 is 0 Å². The molecule has 0 aromatic heterocycles. The molecule has 1 amide bonds. The average molecular weight is 343 g/mol. The fourth-order valence-corrected chi connectivity index (χ4v) is 4.50. The third-order valence-corrected chi connectivity index (χ3v) is 6.48. The Balaban J connectivity index is 1.43. The molecule has 0 atom stereocenters. The highest BCUT2D eigenvalue weighted by molar-refractivity contribution is 6.00. The smallest absolute Gasteiger partial charge is 0.233 e. The van der Waals surface area contributed by atoms with Crippen LogP contribution in [-0.4, -0.2) is 36.4 Å². The molecule has 4 rings (SSSR count). The number of amides is 1. The molecule has 2 aliphatic carbocycles. The molecule has 1 heterocycles. The minimum atomic E-state index is -0.749. The van der Waals surface area contributed by atoms with Gasteiger partial charge in [0.2, 0.25) is 5.91 Å². The Morgan fingerprint density at radius 1 is 1.12 bits per heavy atom. The SMILES string of the molecule is CCOC[C@]1(O)CC[C@]2(CCN(c3ccc(C4CC4)cc3)C2=O)CC1. The van der Waals surface area contributed by atoms with E-state index in [9.17, 15) is 9.90 Å². The summed E-state index contributed by atoms with van der Waals surface area (Å²) in [6, 6.07) is 8.59. The highest BCUT2D eigenvalue weighted by Crippen LogP contribution is 2.49. The lowest BCUT2D eigenvalue weighted by Gasteiger charge is -2.40. The van der Waals surface area contributed by atoms with Crippen molar-refractivity contribution in [1.29, 1.82) is 0 Å². The van der Waals surface area contributed by atoms with Gasteiger partial charge in [-0.2, -0.15) is 0 Å². The van der Waals surface area contributed by atoms with Crippen molar-refractivity contribution >= 4 is 11.6 Å². The molecule has 1 aromatic rings. The zero-order chi connectivity index (χ0) is 17.5. The highest BCUT2D eigenvalue weighted by Gasteiger charge is 2.51. The molecule has 1 saturated heterocycles. The molecule has 136 valence electrons. The number of aliphatic hydroxyl groups is 1. The van der Waals surface area contributed by atoms with Gasteiger partial charge in [-0.25, -0.2) is 0 Å². The average Bonchev–Trinajstić information content (AvgIpc) is 3.43. The Labute approximate surface area is 150 Å². The summed E-state index contributed by atoms with van der Waals surface area (Å²) in [5.41, 5.74) is 1.42. The van der Waals surface area contributed by atoms with Gasteiger partial charge < -0.3 is 14.7 Å². The zero-order valence-electron chi connectivity index (χ0n) is 15.2. The minimum Gasteiger partial charge on any atom is -0.387 e. The number of rotatable bonds is 5. The number of anilines is 1. The maximum Gasteiger partial charge on any atom is 0.233 e. The van der Waals surface area contributed by atoms with Gasteiger partial charge in [0.05, 0.1) is 17.6 Å². The van der Waals surface area contributed by atoms with Crippen LogP contribution in [0.2, 0.25) is 0 Å². The quantitative estimate of drug-likeness (QED) is 0.888. The number of benzene rings is 1. The Bertz CT molecular complexity index is 627. The van der Waals surface area contributed by atoms with Crippen molar-refractivity contribution in [3.05, 3.63) is 29.8 Å². The van der Waals surface area contributed by atoms with Gasteiger partial charge in [-0.15, -0.1) is 0 Å². The van der Waals surface area contributed by atoms with Crippen molar-refractivity contribution in [3.8, 4) is 0 Å². The van der Waals surface area contributed by atoms with Crippen molar-refractivity contribution < 1.29 is 14.6 Å². The lowest BCUT2D eigenvalue weighted by atomic mass is 9.68. The Morgan fingerprint density at radius 3 is 2.40 bits per heavy atom. The molecule has 1 aromatic carbocycles. The summed E-state index contributed by atoms with van der Waals surface area (Å²) < 4.78 is 5.43. The minimum absolute atomic E-state index is 0.255. The fourth-order valence-electron chi connectivity index (χ4n) is 4.50. The first-order valence-electron chi connectivity index (χ1n) is 9.77. The van der Waals surface area contributed by atoms with E-state index >= 15 is 0 Å². The summed E-state index contributed by atoms with van der Waals surface area (Å²) in [4.78, 5) is 15.1. The second-order valence-electron chi connectivity index (χ2n) is 8.21. The van der Waals surface area contributed by atoms with Gasteiger partial charge in [-0.05, 0) is 75.5 Å². The van der Waals surface area contributed by atoms with E-state index in [1.165, 1.54) is 18.4 Å². The van der Waals surface area contributed by atoms with E-state index in [0.29, 0.717) is 26.1 Å². The van der Waals surface area contributed by atoms with Crippen molar-refractivity contribution in [2.24, 2.45) is 5.41 Å². The van der Waals surface area contributed by atoms with Crippen LogP contribution in [0.4, 0.5) is 5.69 Å². The number of carbonyl (C=O) groups excluding carboxylic acids is 1. The van der Waals surface area contributed by atoms with Gasteiger partial charge in [0, 0.05) is 18.8 Å². The lowest BCUT2D eigenvalue weighted by Crippen LogP contribution is -2.45. The van der Waals surface area contributed by atoms with Crippen LogP contribution in [0.1, 0.15) is 63.4 Å². The maximum absolute atomic E-state index is 13.2. The number of nitrogens with zero attached hydrogens (tertiary/aromatic N) is 1. The maximum atomic E-state index is 13.2. The molecule has 1 N–H and O–H groups in total. The lowest BCUT2D eigenvalue weighted by molar-refractivity contribution is -0.133. The summed E-state index contributed by atoms with van der Waals surface area (Å²) in [6.07, 6.45) is 6.37. The first-order chi connectivity index (χ1) is 12.1. The summed E-state index contributed by atoms with van der Waals surface area (Å²) in [6.45, 7) is 3.75. The second kappa shape index (κ2) is 6.40. The molecular weight excluding hydrogens is 314 g/mol. The topological polar surface area (TPSA) is 49.8 Å². The molecule has 3 aliphatic rings. The molecule has 3 fully saturated rings. The van der Waals surface area contributed by atoms with Crippen molar-refractivity contribution in [2.45, 2.75) is 63.4 Å². The van der Waals surface area contributed by atoms with E-state index < -0.39 is 5.60 Å². The molecule has 1 spiro atoms. The van der Waals surface area contributed by atoms with Gasteiger partial charge in [-0.3, -0.25) is 4.79 Å². The number of hydrogen-bond acceptors (Lipinski definition) is 3. The monoisotopic (exact) mass is 343 g/mol. The van der Waals surface area contributed by atoms with E-state index in [4.69, 9.17) is 4.74 Å². The molecule has 4 nitrogen and oxygen atoms in total. The summed E-state index contributed by atoms with van der Waals surface area (Å²) in [5, 5.41) is 10.7. The fraction of sp³-hybridized carbons (Fsp3) is 0.667. The van der Waals surface area contributed by atoms with Crippen molar-refractivity contribution in [3.63, 3.8) is 0 Å². The largest absolute Gasteiger partial charge is 0.387 e. The van der Waals surface area contributed by atoms with Crippen LogP contribution in [0.5, 0.6) is 0 Å².